The molecule has 2 heterocycles. The Labute approximate surface area is 127 Å². The molecule has 110 valence electrons. The number of thioether (sulfide) groups is 1. The molecule has 0 bridgehead atoms. The third kappa shape index (κ3) is 3.59. The first-order chi connectivity index (χ1) is 10.3. The lowest BCUT2D eigenvalue weighted by Gasteiger charge is -2.09. The van der Waals surface area contributed by atoms with E-state index in [1.165, 1.54) is 0 Å². The van der Waals surface area contributed by atoms with Crippen LogP contribution in [0.4, 0.5) is 5.69 Å². The number of nitrogen functional groups attached to an aromatic ring is 1. The molecular weight excluding hydrogens is 286 g/mol. The Balaban J connectivity index is 1.69. The first-order valence-electron chi connectivity index (χ1n) is 6.79. The first-order valence-corrected chi connectivity index (χ1v) is 7.78. The lowest BCUT2D eigenvalue weighted by molar-refractivity contribution is 0.297. The summed E-state index contributed by atoms with van der Waals surface area (Å²) >= 11 is 1.71. The van der Waals surface area contributed by atoms with E-state index < -0.39 is 0 Å². The molecule has 1 aromatic carbocycles. The number of benzene rings is 1. The number of nitrogens with zero attached hydrogens (tertiary/aromatic N) is 1. The van der Waals surface area contributed by atoms with Gasteiger partial charge in [-0.1, -0.05) is 0 Å². The summed E-state index contributed by atoms with van der Waals surface area (Å²) in [7, 11) is 0. The largest absolute Gasteiger partial charge is 0.490 e. The highest BCUT2D eigenvalue weighted by atomic mass is 32.2. The van der Waals surface area contributed by atoms with Gasteiger partial charge < -0.3 is 14.9 Å². The molecule has 3 N–H and O–H groups in total. The van der Waals surface area contributed by atoms with Gasteiger partial charge in [-0.05, 0) is 30.3 Å². The number of aromatic nitrogens is 1. The van der Waals surface area contributed by atoms with Crippen LogP contribution in [-0.2, 0) is 5.75 Å². The molecule has 0 saturated heterocycles. The van der Waals surface area contributed by atoms with Crippen LogP contribution in [0.25, 0.3) is 0 Å². The SMILES string of the molecule is NNc1ccnc(CSc2ccc3c(c2)OCCCO3)c1. The maximum absolute atomic E-state index is 5.70. The molecule has 6 heteroatoms. The van der Waals surface area contributed by atoms with E-state index in [1.807, 2.05) is 30.3 Å². The van der Waals surface area contributed by atoms with E-state index in [4.69, 9.17) is 15.3 Å². The van der Waals surface area contributed by atoms with Crippen molar-refractivity contribution in [3.8, 4) is 11.5 Å². The first kappa shape index (κ1) is 14.0. The van der Waals surface area contributed by atoms with Crippen LogP contribution in [0.3, 0.4) is 0 Å². The molecular formula is C15H17N3O2S. The van der Waals surface area contributed by atoms with E-state index in [1.54, 1.807) is 18.0 Å². The topological polar surface area (TPSA) is 69.4 Å². The molecule has 0 atom stereocenters. The van der Waals surface area contributed by atoms with Gasteiger partial charge >= 0.3 is 0 Å². The number of pyridine rings is 1. The molecule has 0 saturated carbocycles. The number of nitrogens with two attached hydrogens (primary N) is 1. The van der Waals surface area contributed by atoms with Crippen LogP contribution >= 0.6 is 11.8 Å². The minimum absolute atomic E-state index is 0.701. The molecule has 1 aromatic heterocycles. The maximum Gasteiger partial charge on any atom is 0.162 e. The number of hydrogen-bond donors (Lipinski definition) is 2. The minimum Gasteiger partial charge on any atom is -0.490 e. The van der Waals surface area contributed by atoms with E-state index in [0.29, 0.717) is 13.2 Å². The Morgan fingerprint density at radius 1 is 1.14 bits per heavy atom. The van der Waals surface area contributed by atoms with Crippen LogP contribution in [0, 0.1) is 0 Å². The molecule has 3 rings (SSSR count). The fraction of sp³-hybridized carbons (Fsp3) is 0.267. The van der Waals surface area contributed by atoms with E-state index in [2.05, 4.69) is 10.4 Å². The Kier molecular flexibility index (Phi) is 4.47. The zero-order valence-corrected chi connectivity index (χ0v) is 12.4. The molecule has 2 aromatic rings. The minimum atomic E-state index is 0.701. The van der Waals surface area contributed by atoms with Crippen molar-refractivity contribution >= 4 is 17.4 Å². The van der Waals surface area contributed by atoms with Gasteiger partial charge in [0.2, 0.25) is 0 Å². The Morgan fingerprint density at radius 2 is 2.00 bits per heavy atom. The maximum atomic E-state index is 5.70. The van der Waals surface area contributed by atoms with E-state index >= 15 is 0 Å². The lowest BCUT2D eigenvalue weighted by atomic mass is 10.3. The Hall–Kier alpha value is -1.92. The van der Waals surface area contributed by atoms with Gasteiger partial charge in [0.15, 0.2) is 11.5 Å². The fourth-order valence-corrected chi connectivity index (χ4v) is 2.86. The van der Waals surface area contributed by atoms with Crippen molar-refractivity contribution in [2.45, 2.75) is 17.1 Å². The monoisotopic (exact) mass is 303 g/mol. The molecule has 1 aliphatic rings. The van der Waals surface area contributed by atoms with Crippen LogP contribution in [0.2, 0.25) is 0 Å². The standard InChI is InChI=1S/C15H17N3O2S/c16-18-11-4-5-17-12(8-11)10-21-13-2-3-14-15(9-13)20-7-1-6-19-14/h2-5,8-9H,1,6-7,10,16H2,(H,17,18). The average Bonchev–Trinajstić information content (AvgIpc) is 2.78. The van der Waals surface area contributed by atoms with E-state index in [-0.39, 0.29) is 0 Å². The molecule has 0 spiro atoms. The normalized spacial score (nSPS) is 13.6. The summed E-state index contributed by atoms with van der Waals surface area (Å²) in [4.78, 5) is 5.46. The van der Waals surface area contributed by atoms with Gasteiger partial charge in [0.1, 0.15) is 0 Å². The highest BCUT2D eigenvalue weighted by Crippen LogP contribution is 2.34. The van der Waals surface area contributed by atoms with Crippen molar-refractivity contribution in [3.05, 3.63) is 42.2 Å². The smallest absolute Gasteiger partial charge is 0.162 e. The summed E-state index contributed by atoms with van der Waals surface area (Å²) in [6.45, 7) is 1.41. The number of rotatable bonds is 4. The molecule has 5 nitrogen and oxygen atoms in total. The van der Waals surface area contributed by atoms with Crippen molar-refractivity contribution in [1.82, 2.24) is 4.98 Å². The lowest BCUT2D eigenvalue weighted by Crippen LogP contribution is -2.07. The summed E-state index contributed by atoms with van der Waals surface area (Å²) in [6, 6.07) is 9.81. The molecule has 0 aliphatic carbocycles. The van der Waals surface area contributed by atoms with E-state index in [0.717, 1.165) is 39.9 Å². The number of hydrogen-bond acceptors (Lipinski definition) is 6. The third-order valence-electron chi connectivity index (χ3n) is 3.09. The van der Waals surface area contributed by atoms with Gasteiger partial charge in [0.25, 0.3) is 0 Å². The van der Waals surface area contributed by atoms with Crippen molar-refractivity contribution in [2.75, 3.05) is 18.6 Å². The number of hydrazine groups is 1. The van der Waals surface area contributed by atoms with Crippen molar-refractivity contribution in [3.63, 3.8) is 0 Å². The third-order valence-corrected chi connectivity index (χ3v) is 4.12. The number of fused-ring (bicyclic) bond motifs is 1. The second kappa shape index (κ2) is 6.69. The zero-order chi connectivity index (χ0) is 14.5. The Bertz CT molecular complexity index is 622. The number of ether oxygens (including phenoxy) is 2. The van der Waals surface area contributed by atoms with Gasteiger partial charge in [-0.2, -0.15) is 0 Å². The second-order valence-electron chi connectivity index (χ2n) is 4.63. The molecule has 0 unspecified atom stereocenters. The van der Waals surface area contributed by atoms with Crippen molar-refractivity contribution in [2.24, 2.45) is 5.84 Å². The summed E-state index contributed by atoms with van der Waals surface area (Å²) in [5, 5.41) is 0. The van der Waals surface area contributed by atoms with Crippen LogP contribution in [0.15, 0.2) is 41.4 Å². The Morgan fingerprint density at radius 3 is 2.86 bits per heavy atom. The van der Waals surface area contributed by atoms with Gasteiger partial charge in [-0.3, -0.25) is 10.8 Å². The molecule has 21 heavy (non-hydrogen) atoms. The van der Waals surface area contributed by atoms with Crippen LogP contribution in [0.5, 0.6) is 11.5 Å². The highest BCUT2D eigenvalue weighted by molar-refractivity contribution is 7.98. The van der Waals surface area contributed by atoms with Crippen LogP contribution < -0.4 is 20.7 Å². The quantitative estimate of drug-likeness (QED) is 0.514. The molecule has 0 radical (unpaired) electrons. The highest BCUT2D eigenvalue weighted by Gasteiger charge is 2.11. The zero-order valence-electron chi connectivity index (χ0n) is 11.5. The summed E-state index contributed by atoms with van der Waals surface area (Å²) < 4.78 is 11.3. The molecule has 1 aliphatic heterocycles. The van der Waals surface area contributed by atoms with Gasteiger partial charge in [0.05, 0.1) is 24.6 Å². The summed E-state index contributed by atoms with van der Waals surface area (Å²) in [6.07, 6.45) is 2.67. The predicted molar refractivity (Wildman–Crippen MR) is 83.7 cm³/mol. The number of nitrogens with one attached hydrogen (secondary N) is 1. The predicted octanol–water partition coefficient (Wildman–Crippen LogP) is 2.82. The molecule has 0 fully saturated rings. The van der Waals surface area contributed by atoms with Crippen molar-refractivity contribution < 1.29 is 9.47 Å². The van der Waals surface area contributed by atoms with Crippen LogP contribution in [0.1, 0.15) is 12.1 Å². The van der Waals surface area contributed by atoms with Gasteiger partial charge in [0, 0.05) is 23.3 Å². The van der Waals surface area contributed by atoms with Gasteiger partial charge in [-0.15, -0.1) is 11.8 Å². The van der Waals surface area contributed by atoms with Crippen LogP contribution in [-0.4, -0.2) is 18.2 Å². The fourth-order valence-electron chi connectivity index (χ4n) is 2.04. The summed E-state index contributed by atoms with van der Waals surface area (Å²) in [5.74, 6) is 7.82. The second-order valence-corrected chi connectivity index (χ2v) is 5.68. The van der Waals surface area contributed by atoms with E-state index in [9.17, 15) is 0 Å². The van der Waals surface area contributed by atoms with Gasteiger partial charge in [-0.25, -0.2) is 0 Å². The number of anilines is 1. The summed E-state index contributed by atoms with van der Waals surface area (Å²) in [5.41, 5.74) is 4.46. The van der Waals surface area contributed by atoms with Crippen molar-refractivity contribution in [1.29, 1.82) is 0 Å². The average molecular weight is 303 g/mol. The molecule has 0 amide bonds.